The second-order valence-electron chi connectivity index (χ2n) is 7.97. The van der Waals surface area contributed by atoms with Crippen LogP contribution in [0.1, 0.15) is 24.5 Å². The van der Waals surface area contributed by atoms with Crippen molar-refractivity contribution in [2.75, 3.05) is 31.6 Å². The van der Waals surface area contributed by atoms with E-state index in [2.05, 4.69) is 70.2 Å². The van der Waals surface area contributed by atoms with Gasteiger partial charge in [0, 0.05) is 37.4 Å². The van der Waals surface area contributed by atoms with Gasteiger partial charge in [-0.05, 0) is 31.0 Å². The van der Waals surface area contributed by atoms with Crippen molar-refractivity contribution in [1.29, 1.82) is 0 Å². The van der Waals surface area contributed by atoms with Gasteiger partial charge in [0.2, 0.25) is 0 Å². The summed E-state index contributed by atoms with van der Waals surface area (Å²) in [4.78, 5) is 7.17. The maximum atomic E-state index is 5.53. The van der Waals surface area contributed by atoms with Gasteiger partial charge in [0.1, 0.15) is 5.75 Å². The minimum Gasteiger partial charge on any atom is -0.495 e. The summed E-state index contributed by atoms with van der Waals surface area (Å²) in [6.07, 6.45) is 5.02. The molecule has 2 N–H and O–H groups in total. The quantitative estimate of drug-likeness (QED) is 0.249. The number of nitrogens with zero attached hydrogens (tertiary/aromatic N) is 4. The van der Waals surface area contributed by atoms with Gasteiger partial charge < -0.3 is 20.3 Å². The molecule has 3 aromatic rings. The molecule has 0 aliphatic carbocycles. The number of hydrogen-bond acceptors (Lipinski definition) is 4. The Bertz CT molecular complexity index is 1020. The minimum absolute atomic E-state index is 0. The van der Waals surface area contributed by atoms with Gasteiger partial charge >= 0.3 is 0 Å². The molecule has 0 spiro atoms. The maximum absolute atomic E-state index is 5.53. The number of benzene rings is 2. The average Bonchev–Trinajstić information content (AvgIpc) is 3.48. The average molecular weight is 560 g/mol. The van der Waals surface area contributed by atoms with E-state index in [1.54, 1.807) is 7.11 Å². The van der Waals surface area contributed by atoms with Crippen LogP contribution in [-0.2, 0) is 13.1 Å². The van der Waals surface area contributed by atoms with E-state index in [0.29, 0.717) is 12.6 Å². The molecular weight excluding hydrogens is 527 g/mol. The minimum atomic E-state index is 0. The summed E-state index contributed by atoms with van der Waals surface area (Å²) in [6, 6.07) is 18.9. The fourth-order valence-electron chi connectivity index (χ4n) is 4.02. The zero-order chi connectivity index (χ0) is 22.2. The first-order chi connectivity index (χ1) is 15.7. The van der Waals surface area contributed by atoms with Crippen LogP contribution in [0, 0.1) is 0 Å². The fraction of sp³-hybridized carbons (Fsp3) is 0.360. The Labute approximate surface area is 213 Å². The number of methoxy groups -OCH3 is 1. The van der Waals surface area contributed by atoms with Crippen molar-refractivity contribution >= 4 is 35.6 Å². The summed E-state index contributed by atoms with van der Waals surface area (Å²) in [5.41, 5.74) is 3.48. The molecule has 4 rings (SSSR count). The number of hydrogen-bond donors (Lipinski definition) is 2. The van der Waals surface area contributed by atoms with Crippen LogP contribution in [0.25, 0.3) is 0 Å². The van der Waals surface area contributed by atoms with Crippen LogP contribution in [0.2, 0.25) is 0 Å². The zero-order valence-electron chi connectivity index (χ0n) is 19.3. The molecule has 2 heterocycles. The van der Waals surface area contributed by atoms with Gasteiger partial charge in [-0.25, -0.2) is 4.99 Å². The Balaban J connectivity index is 0.00000306. The summed E-state index contributed by atoms with van der Waals surface area (Å²) in [6.45, 7) is 6.17. The Kier molecular flexibility index (Phi) is 9.41. The highest BCUT2D eigenvalue weighted by atomic mass is 127. The van der Waals surface area contributed by atoms with Crippen LogP contribution in [0.4, 0.5) is 5.69 Å². The van der Waals surface area contributed by atoms with E-state index in [0.717, 1.165) is 55.6 Å². The van der Waals surface area contributed by atoms with Gasteiger partial charge in [-0.2, -0.15) is 5.10 Å². The molecular formula is C25H33IN6O. The Morgan fingerprint density at radius 2 is 1.91 bits per heavy atom. The number of guanidine groups is 1. The molecule has 33 heavy (non-hydrogen) atoms. The Hall–Kier alpha value is -2.75. The molecule has 2 aromatic carbocycles. The van der Waals surface area contributed by atoms with E-state index in [-0.39, 0.29) is 24.0 Å². The highest BCUT2D eigenvalue weighted by molar-refractivity contribution is 14.0. The summed E-state index contributed by atoms with van der Waals surface area (Å²) in [5.74, 6) is 1.76. The van der Waals surface area contributed by atoms with Gasteiger partial charge in [0.15, 0.2) is 5.96 Å². The zero-order valence-corrected chi connectivity index (χ0v) is 21.6. The van der Waals surface area contributed by atoms with Crippen molar-refractivity contribution in [1.82, 2.24) is 20.4 Å². The standard InChI is InChI=1S/C25H32N6O.HI/c1-3-26-25(27-15-21-16-28-31(18-21)17-20-9-5-4-6-10-20)29-22-13-14-30(19-22)23-11-7-8-12-24(23)32-2;/h4-12,16,18,22H,3,13-15,17,19H2,1-2H3,(H2,26,27,29);1H. The van der Waals surface area contributed by atoms with Gasteiger partial charge in [-0.15, -0.1) is 24.0 Å². The number of ether oxygens (including phenoxy) is 1. The molecule has 1 aliphatic heterocycles. The fourth-order valence-corrected chi connectivity index (χ4v) is 4.02. The third-order valence-electron chi connectivity index (χ3n) is 5.59. The molecule has 1 unspecified atom stereocenters. The summed E-state index contributed by atoms with van der Waals surface area (Å²) >= 11 is 0. The number of aliphatic imine (C=N–C) groups is 1. The number of nitrogens with one attached hydrogen (secondary N) is 2. The van der Waals surface area contributed by atoms with Crippen molar-refractivity contribution in [3.63, 3.8) is 0 Å². The molecule has 0 radical (unpaired) electrons. The predicted octanol–water partition coefficient (Wildman–Crippen LogP) is 3.89. The van der Waals surface area contributed by atoms with Crippen LogP contribution in [0.15, 0.2) is 72.0 Å². The number of halogens is 1. The molecule has 0 amide bonds. The van der Waals surface area contributed by atoms with Crippen molar-refractivity contribution in [3.8, 4) is 5.75 Å². The van der Waals surface area contributed by atoms with Gasteiger partial charge in [0.05, 0.1) is 32.1 Å². The van der Waals surface area contributed by atoms with E-state index in [9.17, 15) is 0 Å². The Morgan fingerprint density at radius 3 is 2.70 bits per heavy atom. The maximum Gasteiger partial charge on any atom is 0.191 e. The van der Waals surface area contributed by atoms with Crippen LogP contribution >= 0.6 is 24.0 Å². The van der Waals surface area contributed by atoms with Gasteiger partial charge in [0.25, 0.3) is 0 Å². The van der Waals surface area contributed by atoms with Gasteiger partial charge in [-0.3, -0.25) is 4.68 Å². The molecule has 7 nitrogen and oxygen atoms in total. The van der Waals surface area contributed by atoms with E-state index in [1.165, 1.54) is 5.56 Å². The first-order valence-corrected chi connectivity index (χ1v) is 11.2. The molecule has 1 aliphatic rings. The lowest BCUT2D eigenvalue weighted by Gasteiger charge is -2.22. The third kappa shape index (κ3) is 6.86. The SMILES string of the molecule is CCNC(=NCc1cnn(Cc2ccccc2)c1)NC1CCN(c2ccccc2OC)C1.I. The summed E-state index contributed by atoms with van der Waals surface area (Å²) in [5, 5.41) is 11.5. The number of para-hydroxylation sites is 2. The Morgan fingerprint density at radius 1 is 1.12 bits per heavy atom. The van der Waals surface area contributed by atoms with Crippen LogP contribution < -0.4 is 20.3 Å². The lowest BCUT2D eigenvalue weighted by molar-refractivity contribution is 0.415. The number of rotatable bonds is 8. The van der Waals surface area contributed by atoms with Crippen molar-refractivity contribution in [2.45, 2.75) is 32.5 Å². The first-order valence-electron chi connectivity index (χ1n) is 11.2. The topological polar surface area (TPSA) is 66.7 Å². The highest BCUT2D eigenvalue weighted by Gasteiger charge is 2.25. The molecule has 1 fully saturated rings. The van der Waals surface area contributed by atoms with Crippen molar-refractivity contribution in [3.05, 3.63) is 78.1 Å². The van der Waals surface area contributed by atoms with E-state index in [1.807, 2.05) is 29.1 Å². The van der Waals surface area contributed by atoms with Gasteiger partial charge in [-0.1, -0.05) is 42.5 Å². The molecule has 176 valence electrons. The monoisotopic (exact) mass is 560 g/mol. The second kappa shape index (κ2) is 12.5. The van der Waals surface area contributed by atoms with E-state index < -0.39 is 0 Å². The molecule has 1 saturated heterocycles. The van der Waals surface area contributed by atoms with Crippen LogP contribution in [0.5, 0.6) is 5.75 Å². The molecule has 1 aromatic heterocycles. The van der Waals surface area contributed by atoms with E-state index in [4.69, 9.17) is 9.73 Å². The molecule has 0 saturated carbocycles. The lowest BCUT2D eigenvalue weighted by Crippen LogP contribution is -2.44. The molecule has 8 heteroatoms. The lowest BCUT2D eigenvalue weighted by atomic mass is 10.2. The van der Waals surface area contributed by atoms with E-state index >= 15 is 0 Å². The number of anilines is 1. The van der Waals surface area contributed by atoms with Crippen molar-refractivity contribution in [2.24, 2.45) is 4.99 Å². The molecule has 1 atom stereocenters. The predicted molar refractivity (Wildman–Crippen MR) is 145 cm³/mol. The van der Waals surface area contributed by atoms with Crippen LogP contribution in [0.3, 0.4) is 0 Å². The third-order valence-corrected chi connectivity index (χ3v) is 5.59. The molecule has 0 bridgehead atoms. The smallest absolute Gasteiger partial charge is 0.191 e. The second-order valence-corrected chi connectivity index (χ2v) is 7.97. The largest absolute Gasteiger partial charge is 0.495 e. The normalized spacial score (nSPS) is 15.8. The number of aromatic nitrogens is 2. The summed E-state index contributed by atoms with van der Waals surface area (Å²) in [7, 11) is 1.72. The summed E-state index contributed by atoms with van der Waals surface area (Å²) < 4.78 is 7.49. The van der Waals surface area contributed by atoms with Crippen molar-refractivity contribution < 1.29 is 4.74 Å². The highest BCUT2D eigenvalue weighted by Crippen LogP contribution is 2.30. The van der Waals surface area contributed by atoms with Crippen LogP contribution in [-0.4, -0.2) is 48.5 Å². The first kappa shape index (κ1) is 24.9.